The van der Waals surface area contributed by atoms with Gasteiger partial charge in [-0.15, -0.1) is 0 Å². The van der Waals surface area contributed by atoms with Gasteiger partial charge in [0.15, 0.2) is 5.56 Å². The molecule has 0 radical (unpaired) electrons. The zero-order valence-electron chi connectivity index (χ0n) is 14.6. The van der Waals surface area contributed by atoms with Gasteiger partial charge in [-0.1, -0.05) is 0 Å². The van der Waals surface area contributed by atoms with Gasteiger partial charge in [0.1, 0.15) is 11.9 Å². The van der Waals surface area contributed by atoms with Crippen molar-refractivity contribution in [3.63, 3.8) is 0 Å². The molecule has 1 aromatic heterocycles. The maximum absolute atomic E-state index is 12.2. The molecular formula is C16H25N5O2. The van der Waals surface area contributed by atoms with Crippen molar-refractivity contribution in [1.82, 2.24) is 14.5 Å². The summed E-state index contributed by atoms with van der Waals surface area (Å²) >= 11 is 0. The lowest BCUT2D eigenvalue weighted by Gasteiger charge is -2.47. The Kier molecular flexibility index (Phi) is 4.16. The van der Waals surface area contributed by atoms with Crippen LogP contribution in [0.3, 0.4) is 0 Å². The molecule has 126 valence electrons. The minimum Gasteiger partial charge on any atom is -0.367 e. The zero-order chi connectivity index (χ0) is 17.6. The van der Waals surface area contributed by atoms with Crippen LogP contribution in [0.15, 0.2) is 9.59 Å². The number of nitrogens with zero attached hydrogens (tertiary/aromatic N) is 3. The van der Waals surface area contributed by atoms with E-state index >= 15 is 0 Å². The molecule has 7 nitrogen and oxygen atoms in total. The maximum atomic E-state index is 12.2. The van der Waals surface area contributed by atoms with E-state index in [9.17, 15) is 14.9 Å². The fourth-order valence-electron chi connectivity index (χ4n) is 3.73. The average Bonchev–Trinajstić information content (AvgIpc) is 2.39. The van der Waals surface area contributed by atoms with Gasteiger partial charge in [-0.05, 0) is 40.5 Å². The molecule has 2 heterocycles. The Morgan fingerprint density at radius 1 is 1.13 bits per heavy atom. The first kappa shape index (κ1) is 17.3. The largest absolute Gasteiger partial charge is 0.367 e. The van der Waals surface area contributed by atoms with Crippen molar-refractivity contribution in [2.75, 3.05) is 5.32 Å². The fraction of sp³-hybridized carbons (Fsp3) is 0.688. The van der Waals surface area contributed by atoms with Crippen LogP contribution in [-0.4, -0.2) is 26.3 Å². The second-order valence-electron chi connectivity index (χ2n) is 7.68. The number of hydrogen-bond donors (Lipinski definition) is 2. The van der Waals surface area contributed by atoms with Gasteiger partial charge in [-0.25, -0.2) is 4.79 Å². The maximum Gasteiger partial charge on any atom is 0.332 e. The first-order chi connectivity index (χ1) is 10.5. The Bertz CT molecular complexity index is 763. The molecule has 23 heavy (non-hydrogen) atoms. The van der Waals surface area contributed by atoms with E-state index in [2.05, 4.69) is 38.3 Å². The predicted octanol–water partition coefficient (Wildman–Crippen LogP) is 0.677. The van der Waals surface area contributed by atoms with E-state index in [0.29, 0.717) is 5.82 Å². The second-order valence-corrected chi connectivity index (χ2v) is 7.68. The molecule has 2 rings (SSSR count). The van der Waals surface area contributed by atoms with Gasteiger partial charge < -0.3 is 10.6 Å². The summed E-state index contributed by atoms with van der Waals surface area (Å²) in [5.74, 6) is 0.305. The summed E-state index contributed by atoms with van der Waals surface area (Å²) in [5.41, 5.74) is -1.19. The molecule has 2 N–H and O–H groups in total. The molecule has 0 spiro atoms. The Morgan fingerprint density at radius 3 is 2.13 bits per heavy atom. The van der Waals surface area contributed by atoms with Crippen LogP contribution < -0.4 is 21.9 Å². The number of aromatic nitrogens is 2. The minimum absolute atomic E-state index is 0.0243. The van der Waals surface area contributed by atoms with Crippen LogP contribution in [0.4, 0.5) is 5.82 Å². The van der Waals surface area contributed by atoms with Crippen molar-refractivity contribution in [1.29, 1.82) is 5.26 Å². The fourth-order valence-corrected chi connectivity index (χ4v) is 3.73. The highest BCUT2D eigenvalue weighted by Gasteiger charge is 2.38. The number of rotatable bonds is 2. The van der Waals surface area contributed by atoms with E-state index in [4.69, 9.17) is 0 Å². The molecule has 0 atom stereocenters. The van der Waals surface area contributed by atoms with E-state index in [1.165, 1.54) is 11.6 Å². The molecular weight excluding hydrogens is 294 g/mol. The van der Waals surface area contributed by atoms with E-state index < -0.39 is 11.2 Å². The molecule has 1 aromatic rings. The Labute approximate surface area is 135 Å². The van der Waals surface area contributed by atoms with Crippen molar-refractivity contribution >= 4 is 5.82 Å². The molecule has 0 saturated carbocycles. The standard InChI is InChI=1S/C16H25N5O2/c1-15(2)7-10(8-16(3,4)19-15)18-12-11(9-17)13(22)21(6)14(23)20(12)5/h10,18-19H,7-8H2,1-6H3. The number of anilines is 1. The van der Waals surface area contributed by atoms with Gasteiger partial charge in [0.25, 0.3) is 5.56 Å². The minimum atomic E-state index is -0.564. The summed E-state index contributed by atoms with van der Waals surface area (Å²) in [7, 11) is 2.95. The van der Waals surface area contributed by atoms with Crippen molar-refractivity contribution in [3.8, 4) is 6.07 Å². The summed E-state index contributed by atoms with van der Waals surface area (Å²) < 4.78 is 2.29. The number of nitrogens with one attached hydrogen (secondary N) is 2. The highest BCUT2D eigenvalue weighted by molar-refractivity contribution is 5.52. The highest BCUT2D eigenvalue weighted by Crippen LogP contribution is 2.30. The first-order valence-corrected chi connectivity index (χ1v) is 7.73. The lowest BCUT2D eigenvalue weighted by molar-refractivity contribution is 0.170. The summed E-state index contributed by atoms with van der Waals surface area (Å²) in [6, 6.07) is 1.99. The van der Waals surface area contributed by atoms with Crippen LogP contribution in [0.2, 0.25) is 0 Å². The van der Waals surface area contributed by atoms with E-state index in [1.807, 2.05) is 6.07 Å². The normalized spacial score (nSPS) is 20.0. The van der Waals surface area contributed by atoms with Crippen LogP contribution in [0.1, 0.15) is 46.1 Å². The van der Waals surface area contributed by atoms with Gasteiger partial charge in [0, 0.05) is 31.2 Å². The number of piperidine rings is 1. The van der Waals surface area contributed by atoms with Crippen molar-refractivity contribution in [2.24, 2.45) is 14.1 Å². The Hall–Kier alpha value is -2.07. The molecule has 1 saturated heterocycles. The van der Waals surface area contributed by atoms with Crippen LogP contribution >= 0.6 is 0 Å². The SMILES string of the molecule is Cn1c(NC2CC(C)(C)NC(C)(C)C2)c(C#N)c(=O)n(C)c1=O. The molecule has 0 amide bonds. The number of hydrogen-bond acceptors (Lipinski definition) is 5. The predicted molar refractivity (Wildman–Crippen MR) is 89.6 cm³/mol. The third kappa shape index (κ3) is 3.32. The van der Waals surface area contributed by atoms with Gasteiger partial charge in [0.2, 0.25) is 0 Å². The molecule has 1 fully saturated rings. The third-order valence-corrected chi connectivity index (χ3v) is 4.31. The topological polar surface area (TPSA) is 91.8 Å². The Balaban J connectivity index is 2.47. The molecule has 1 aliphatic rings. The van der Waals surface area contributed by atoms with Gasteiger partial charge in [0.05, 0.1) is 0 Å². The molecule has 0 aromatic carbocycles. The summed E-state index contributed by atoms with van der Waals surface area (Å²) in [6.07, 6.45) is 1.65. The molecule has 7 heteroatoms. The smallest absolute Gasteiger partial charge is 0.332 e. The van der Waals surface area contributed by atoms with E-state index in [-0.39, 0.29) is 22.7 Å². The first-order valence-electron chi connectivity index (χ1n) is 7.73. The van der Waals surface area contributed by atoms with Crippen LogP contribution in [0.5, 0.6) is 0 Å². The van der Waals surface area contributed by atoms with Crippen molar-refractivity contribution < 1.29 is 0 Å². The van der Waals surface area contributed by atoms with E-state index in [0.717, 1.165) is 17.4 Å². The van der Waals surface area contributed by atoms with Crippen molar-refractivity contribution in [3.05, 3.63) is 26.4 Å². The summed E-state index contributed by atoms with van der Waals surface area (Å²) in [5, 5.41) is 16.2. The van der Waals surface area contributed by atoms with Gasteiger partial charge in [-0.2, -0.15) is 5.26 Å². The lowest BCUT2D eigenvalue weighted by atomic mass is 9.79. The van der Waals surface area contributed by atoms with E-state index in [1.54, 1.807) is 7.05 Å². The van der Waals surface area contributed by atoms with Crippen molar-refractivity contribution in [2.45, 2.75) is 57.7 Å². The van der Waals surface area contributed by atoms with Crippen LogP contribution in [0, 0.1) is 11.3 Å². The summed E-state index contributed by atoms with van der Waals surface area (Å²) in [4.78, 5) is 24.3. The summed E-state index contributed by atoms with van der Waals surface area (Å²) in [6.45, 7) is 8.49. The molecule has 0 aliphatic carbocycles. The Morgan fingerprint density at radius 2 is 1.65 bits per heavy atom. The molecule has 0 unspecified atom stereocenters. The molecule has 1 aliphatic heterocycles. The second kappa shape index (κ2) is 5.53. The molecule has 0 bridgehead atoms. The average molecular weight is 319 g/mol. The lowest BCUT2D eigenvalue weighted by Crippen LogP contribution is -2.60. The van der Waals surface area contributed by atoms with Crippen LogP contribution in [0.25, 0.3) is 0 Å². The monoisotopic (exact) mass is 319 g/mol. The third-order valence-electron chi connectivity index (χ3n) is 4.31. The van der Waals surface area contributed by atoms with Crippen LogP contribution in [-0.2, 0) is 14.1 Å². The van der Waals surface area contributed by atoms with Gasteiger partial charge in [-0.3, -0.25) is 13.9 Å². The zero-order valence-corrected chi connectivity index (χ0v) is 14.6. The highest BCUT2D eigenvalue weighted by atomic mass is 16.2. The quantitative estimate of drug-likeness (QED) is 0.836. The number of nitriles is 1. The van der Waals surface area contributed by atoms with Gasteiger partial charge >= 0.3 is 5.69 Å².